The second-order valence-corrected chi connectivity index (χ2v) is 9.26. The summed E-state index contributed by atoms with van der Waals surface area (Å²) in [6.45, 7) is 5.04. The summed E-state index contributed by atoms with van der Waals surface area (Å²) in [7, 11) is 1.72. The molecular formula is C26H31FN6O3. The van der Waals surface area contributed by atoms with Gasteiger partial charge in [-0.15, -0.1) is 0 Å². The molecule has 1 aliphatic rings. The van der Waals surface area contributed by atoms with Crippen LogP contribution in [-0.4, -0.2) is 58.2 Å². The van der Waals surface area contributed by atoms with Crippen LogP contribution in [0.3, 0.4) is 0 Å². The highest BCUT2D eigenvalue weighted by molar-refractivity contribution is 5.97. The van der Waals surface area contributed by atoms with Gasteiger partial charge in [0.2, 0.25) is 17.8 Å². The fraction of sp³-hybridized carbons (Fsp3) is 0.385. The van der Waals surface area contributed by atoms with Gasteiger partial charge in [-0.1, -0.05) is 17.7 Å². The number of aromatic nitrogens is 3. The summed E-state index contributed by atoms with van der Waals surface area (Å²) in [6, 6.07) is 10.7. The van der Waals surface area contributed by atoms with E-state index in [1.54, 1.807) is 31.1 Å². The summed E-state index contributed by atoms with van der Waals surface area (Å²) in [4.78, 5) is 30.8. The third-order valence-electron chi connectivity index (χ3n) is 6.33. The van der Waals surface area contributed by atoms with Crippen LogP contribution in [0.15, 0.2) is 48.8 Å². The summed E-state index contributed by atoms with van der Waals surface area (Å²) in [5, 5.41) is 10.3. The Bertz CT molecular complexity index is 1220. The number of rotatable bonds is 11. The first-order chi connectivity index (χ1) is 17.2. The van der Waals surface area contributed by atoms with Gasteiger partial charge >= 0.3 is 0 Å². The first kappa shape index (κ1) is 25.2. The number of pyridine rings is 1. The molecule has 9 nitrogen and oxygen atoms in total. The molecule has 1 fully saturated rings. The maximum atomic E-state index is 13.2. The molecule has 2 amide bonds. The molecule has 1 aromatic carbocycles. The van der Waals surface area contributed by atoms with E-state index in [1.165, 1.54) is 16.9 Å². The number of amides is 2. The van der Waals surface area contributed by atoms with E-state index in [4.69, 9.17) is 4.74 Å². The van der Waals surface area contributed by atoms with Crippen molar-refractivity contribution in [3.63, 3.8) is 0 Å². The zero-order chi connectivity index (χ0) is 25.7. The molecule has 190 valence electrons. The van der Waals surface area contributed by atoms with Crippen molar-refractivity contribution in [3.05, 3.63) is 66.0 Å². The third-order valence-corrected chi connectivity index (χ3v) is 6.33. The highest BCUT2D eigenvalue weighted by Crippen LogP contribution is 2.46. The Morgan fingerprint density at radius 3 is 2.61 bits per heavy atom. The molecule has 2 heterocycles. The zero-order valence-electron chi connectivity index (χ0n) is 20.8. The number of anilines is 2. The van der Waals surface area contributed by atoms with Crippen molar-refractivity contribution in [1.29, 1.82) is 0 Å². The zero-order valence-corrected chi connectivity index (χ0v) is 20.8. The van der Waals surface area contributed by atoms with Gasteiger partial charge in [-0.3, -0.25) is 14.3 Å². The number of carbonyl (C=O) groups is 2. The van der Waals surface area contributed by atoms with Crippen molar-refractivity contribution in [1.82, 2.24) is 19.7 Å². The fourth-order valence-corrected chi connectivity index (χ4v) is 3.71. The largest absolute Gasteiger partial charge is 0.492 e. The average Bonchev–Trinajstić information content (AvgIpc) is 3.52. The maximum absolute atomic E-state index is 13.2. The van der Waals surface area contributed by atoms with Gasteiger partial charge in [0, 0.05) is 19.8 Å². The van der Waals surface area contributed by atoms with Crippen LogP contribution in [-0.2, 0) is 16.1 Å². The van der Waals surface area contributed by atoms with Crippen molar-refractivity contribution in [3.8, 4) is 5.75 Å². The number of aryl methyl sites for hydroxylation is 2. The van der Waals surface area contributed by atoms with Crippen molar-refractivity contribution < 1.29 is 18.7 Å². The van der Waals surface area contributed by atoms with Gasteiger partial charge in [-0.05, 0) is 51.0 Å². The summed E-state index contributed by atoms with van der Waals surface area (Å²) < 4.78 is 20.4. The first-order valence-corrected chi connectivity index (χ1v) is 11.9. The summed E-state index contributed by atoms with van der Waals surface area (Å²) in [5.41, 5.74) is 2.41. The Hall–Kier alpha value is -3.95. The number of carbonyl (C=O) groups excluding carboxylic acids is 2. The predicted octanol–water partition coefficient (Wildman–Crippen LogP) is 3.40. The Balaban J connectivity index is 1.23. The van der Waals surface area contributed by atoms with E-state index in [2.05, 4.69) is 20.7 Å². The Kier molecular flexibility index (Phi) is 7.52. The number of nitrogens with one attached hydrogen (secondary N) is 2. The van der Waals surface area contributed by atoms with Crippen molar-refractivity contribution in [2.75, 3.05) is 37.4 Å². The predicted molar refractivity (Wildman–Crippen MR) is 134 cm³/mol. The van der Waals surface area contributed by atoms with Gasteiger partial charge in [-0.25, -0.2) is 4.98 Å². The van der Waals surface area contributed by atoms with Crippen LogP contribution in [0.1, 0.15) is 24.1 Å². The molecule has 4 rings (SSSR count). The maximum Gasteiger partial charge on any atom is 0.244 e. The lowest BCUT2D eigenvalue weighted by Gasteiger charge is -2.18. The van der Waals surface area contributed by atoms with Crippen LogP contribution < -0.4 is 15.4 Å². The second kappa shape index (κ2) is 10.8. The van der Waals surface area contributed by atoms with Crippen LogP contribution in [0.5, 0.6) is 5.75 Å². The molecule has 0 bridgehead atoms. The SMILES string of the molecule is Cc1ccc(OCCN(C)C(=O)Cn2cc(NC(=O)C3(CNc4ccc(F)nc4C)CC3)cn2)cc1. The lowest BCUT2D eigenvalue weighted by atomic mass is 10.1. The van der Waals surface area contributed by atoms with E-state index in [0.717, 1.165) is 24.2 Å². The summed E-state index contributed by atoms with van der Waals surface area (Å²) in [6.07, 6.45) is 4.68. The van der Waals surface area contributed by atoms with Crippen LogP contribution in [0.25, 0.3) is 0 Å². The smallest absolute Gasteiger partial charge is 0.244 e. The Morgan fingerprint density at radius 1 is 1.17 bits per heavy atom. The van der Waals surface area contributed by atoms with E-state index in [0.29, 0.717) is 36.8 Å². The minimum Gasteiger partial charge on any atom is -0.492 e. The fourth-order valence-electron chi connectivity index (χ4n) is 3.71. The van der Waals surface area contributed by atoms with Crippen molar-refractivity contribution in [2.24, 2.45) is 5.41 Å². The highest BCUT2D eigenvalue weighted by Gasteiger charge is 2.49. The van der Waals surface area contributed by atoms with Crippen LogP contribution in [0.2, 0.25) is 0 Å². The molecule has 0 radical (unpaired) electrons. The third kappa shape index (κ3) is 6.38. The summed E-state index contributed by atoms with van der Waals surface area (Å²) in [5.74, 6) is 0.00445. The number of hydrogen-bond acceptors (Lipinski definition) is 6. The molecule has 0 atom stereocenters. The number of ether oxygens (including phenoxy) is 1. The molecule has 2 aromatic heterocycles. The molecule has 0 spiro atoms. The molecule has 1 aliphatic carbocycles. The molecule has 0 unspecified atom stereocenters. The van der Waals surface area contributed by atoms with Crippen LogP contribution >= 0.6 is 0 Å². The van der Waals surface area contributed by atoms with Crippen LogP contribution in [0.4, 0.5) is 15.8 Å². The highest BCUT2D eigenvalue weighted by atomic mass is 19.1. The normalized spacial score (nSPS) is 13.7. The molecule has 1 saturated carbocycles. The average molecular weight is 495 g/mol. The van der Waals surface area contributed by atoms with E-state index in [9.17, 15) is 14.0 Å². The number of likely N-dealkylation sites (N-methyl/N-ethyl adjacent to an activating group) is 1. The molecule has 10 heteroatoms. The Labute approximate surface area is 209 Å². The standard InChI is InChI=1S/C26H31FN6O3/c1-18-4-6-21(7-5-18)36-13-12-32(3)24(34)16-33-15-20(14-29-33)31-25(35)26(10-11-26)17-28-22-8-9-23(27)30-19(22)2/h4-9,14-15,28H,10-13,16-17H2,1-3H3,(H,31,35). The second-order valence-electron chi connectivity index (χ2n) is 9.26. The molecule has 36 heavy (non-hydrogen) atoms. The van der Waals surface area contributed by atoms with Crippen molar-refractivity contribution >= 4 is 23.2 Å². The first-order valence-electron chi connectivity index (χ1n) is 11.9. The number of halogens is 1. The van der Waals surface area contributed by atoms with E-state index in [-0.39, 0.29) is 18.4 Å². The quantitative estimate of drug-likeness (QED) is 0.396. The summed E-state index contributed by atoms with van der Waals surface area (Å²) >= 11 is 0. The Morgan fingerprint density at radius 2 is 1.92 bits per heavy atom. The number of hydrogen-bond donors (Lipinski definition) is 2. The molecular weight excluding hydrogens is 463 g/mol. The van der Waals surface area contributed by atoms with Gasteiger partial charge in [0.25, 0.3) is 0 Å². The topological polar surface area (TPSA) is 101 Å². The molecule has 3 aromatic rings. The monoisotopic (exact) mass is 494 g/mol. The molecule has 0 aliphatic heterocycles. The number of nitrogens with zero attached hydrogens (tertiary/aromatic N) is 4. The van der Waals surface area contributed by atoms with E-state index in [1.807, 2.05) is 31.2 Å². The van der Waals surface area contributed by atoms with Gasteiger partial charge < -0.3 is 20.3 Å². The van der Waals surface area contributed by atoms with Crippen molar-refractivity contribution in [2.45, 2.75) is 33.2 Å². The van der Waals surface area contributed by atoms with E-state index >= 15 is 0 Å². The molecule has 0 saturated heterocycles. The van der Waals surface area contributed by atoms with Gasteiger partial charge in [0.1, 0.15) is 18.9 Å². The van der Waals surface area contributed by atoms with E-state index < -0.39 is 11.4 Å². The minimum atomic E-state index is -0.533. The lowest BCUT2D eigenvalue weighted by molar-refractivity contribution is -0.131. The van der Waals surface area contributed by atoms with Crippen LogP contribution in [0, 0.1) is 25.2 Å². The lowest BCUT2D eigenvalue weighted by Crippen LogP contribution is -2.33. The minimum absolute atomic E-state index is 0.0560. The van der Waals surface area contributed by atoms with Gasteiger partial charge in [-0.2, -0.15) is 9.49 Å². The van der Waals surface area contributed by atoms with Gasteiger partial charge in [0.15, 0.2) is 0 Å². The molecule has 2 N–H and O–H groups in total. The van der Waals surface area contributed by atoms with Gasteiger partial charge in [0.05, 0.1) is 35.2 Å². The number of benzene rings is 1.